The van der Waals surface area contributed by atoms with Crippen LogP contribution in [-0.4, -0.2) is 0 Å². The minimum atomic E-state index is 1.14. The van der Waals surface area contributed by atoms with Crippen LogP contribution in [0.25, 0.3) is 0 Å². The summed E-state index contributed by atoms with van der Waals surface area (Å²) in [7, 11) is 0. The highest BCUT2D eigenvalue weighted by atomic mass is 79.9. The number of hydrogen-bond donors (Lipinski definition) is 0. The van der Waals surface area contributed by atoms with Gasteiger partial charge >= 0.3 is 0 Å². The van der Waals surface area contributed by atoms with Crippen LogP contribution in [0, 0.1) is 6.92 Å². The van der Waals surface area contributed by atoms with Gasteiger partial charge in [-0.2, -0.15) is 0 Å². The number of rotatable bonds is 0. The minimum Gasteiger partial charge on any atom is -0.0683 e. The van der Waals surface area contributed by atoms with Crippen LogP contribution in [0.5, 0.6) is 0 Å². The monoisotopic (exact) mass is 230 g/mol. The molecule has 0 unspecified atom stereocenters. The summed E-state index contributed by atoms with van der Waals surface area (Å²) in [6.45, 7) is 10.1. The minimum absolute atomic E-state index is 1.14. The molecule has 0 aliphatic carbocycles. The Kier molecular flexibility index (Phi) is 12.7. The first-order valence-corrected chi connectivity index (χ1v) is 5.30. The fraction of sp³-hybridized carbons (Fsp3) is 0.455. The lowest BCUT2D eigenvalue weighted by Crippen LogP contribution is -1.66. The van der Waals surface area contributed by atoms with Gasteiger partial charge in [0.25, 0.3) is 0 Å². The molecule has 70 valence electrons. The molecule has 0 spiro atoms. The lowest BCUT2D eigenvalue weighted by molar-refractivity contribution is 1.46. The maximum Gasteiger partial charge on any atom is 0.0175 e. The van der Waals surface area contributed by atoms with E-state index in [1.807, 2.05) is 39.8 Å². The summed E-state index contributed by atoms with van der Waals surface area (Å²) in [4.78, 5) is 0. The van der Waals surface area contributed by atoms with Gasteiger partial charge in [-0.05, 0) is 19.1 Å². The van der Waals surface area contributed by atoms with Crippen LogP contribution < -0.4 is 0 Å². The second kappa shape index (κ2) is 10.7. The molecule has 0 bridgehead atoms. The van der Waals surface area contributed by atoms with Crippen molar-refractivity contribution in [2.75, 3.05) is 0 Å². The van der Waals surface area contributed by atoms with Gasteiger partial charge in [-0.3, -0.25) is 0 Å². The molecule has 0 amide bonds. The van der Waals surface area contributed by atoms with Gasteiger partial charge in [0.15, 0.2) is 0 Å². The van der Waals surface area contributed by atoms with Gasteiger partial charge in [0.1, 0.15) is 0 Å². The van der Waals surface area contributed by atoms with Crippen LogP contribution in [0.2, 0.25) is 0 Å². The van der Waals surface area contributed by atoms with Crippen molar-refractivity contribution in [3.63, 3.8) is 0 Å². The van der Waals surface area contributed by atoms with E-state index in [0.717, 1.165) is 4.47 Å². The number of benzene rings is 1. The molecule has 1 heteroatoms. The van der Waals surface area contributed by atoms with Crippen molar-refractivity contribution in [2.45, 2.75) is 34.6 Å². The molecule has 0 saturated carbocycles. The van der Waals surface area contributed by atoms with Crippen LogP contribution in [0.3, 0.4) is 0 Å². The smallest absolute Gasteiger partial charge is 0.0175 e. The van der Waals surface area contributed by atoms with E-state index in [1.165, 1.54) is 5.56 Å². The Hall–Kier alpha value is -0.300. The van der Waals surface area contributed by atoms with Crippen molar-refractivity contribution in [2.24, 2.45) is 0 Å². The number of aryl methyl sites for hydroxylation is 1. The molecule has 0 saturated heterocycles. The fourth-order valence-corrected chi connectivity index (χ4v) is 0.798. The van der Waals surface area contributed by atoms with Crippen molar-refractivity contribution in [1.29, 1.82) is 0 Å². The van der Waals surface area contributed by atoms with Crippen LogP contribution in [-0.2, 0) is 0 Å². The molecule has 0 radical (unpaired) electrons. The third-order valence-corrected chi connectivity index (χ3v) is 1.54. The molecule has 1 aromatic rings. The van der Waals surface area contributed by atoms with Crippen molar-refractivity contribution in [3.8, 4) is 0 Å². The molecule has 0 nitrogen and oxygen atoms in total. The van der Waals surface area contributed by atoms with Crippen molar-refractivity contribution >= 4 is 15.9 Å². The van der Waals surface area contributed by atoms with Crippen LogP contribution in [0.4, 0.5) is 0 Å². The average Bonchev–Trinajstić information content (AvgIpc) is 2.17. The normalized spacial score (nSPS) is 7.17. The zero-order chi connectivity index (χ0) is 9.98. The van der Waals surface area contributed by atoms with E-state index in [4.69, 9.17) is 0 Å². The molecule has 0 fully saturated rings. The zero-order valence-electron chi connectivity index (χ0n) is 8.69. The van der Waals surface area contributed by atoms with E-state index in [9.17, 15) is 0 Å². The van der Waals surface area contributed by atoms with Crippen LogP contribution in [0.1, 0.15) is 33.3 Å². The average molecular weight is 231 g/mol. The summed E-state index contributed by atoms with van der Waals surface area (Å²) in [6.07, 6.45) is 0. The van der Waals surface area contributed by atoms with E-state index >= 15 is 0 Å². The van der Waals surface area contributed by atoms with Crippen LogP contribution in [0.15, 0.2) is 28.7 Å². The quantitative estimate of drug-likeness (QED) is 0.601. The Bertz CT molecular complexity index is 144. The second-order valence-corrected chi connectivity index (χ2v) is 2.71. The van der Waals surface area contributed by atoms with Crippen molar-refractivity contribution in [1.82, 2.24) is 0 Å². The molecule has 1 aromatic carbocycles. The van der Waals surface area contributed by atoms with E-state index in [-0.39, 0.29) is 0 Å². The summed E-state index contributed by atoms with van der Waals surface area (Å²) in [5.41, 5.74) is 1.30. The van der Waals surface area contributed by atoms with Crippen molar-refractivity contribution < 1.29 is 0 Å². The highest BCUT2D eigenvalue weighted by molar-refractivity contribution is 9.10. The lowest BCUT2D eigenvalue weighted by atomic mass is 10.2. The lowest BCUT2D eigenvalue weighted by Gasteiger charge is -1.88. The first-order chi connectivity index (χ1) is 5.79. The molecule has 0 aromatic heterocycles. The third kappa shape index (κ3) is 7.80. The van der Waals surface area contributed by atoms with Crippen LogP contribution >= 0.6 is 15.9 Å². The molecule has 0 N–H and O–H groups in total. The Labute approximate surface area is 85.1 Å². The first kappa shape index (κ1) is 14.2. The van der Waals surface area contributed by atoms with Gasteiger partial charge in [-0.25, -0.2) is 0 Å². The van der Waals surface area contributed by atoms with Gasteiger partial charge in [0.05, 0.1) is 0 Å². The summed E-state index contributed by atoms with van der Waals surface area (Å²) in [5, 5.41) is 0. The Morgan fingerprint density at radius 1 is 0.833 bits per heavy atom. The molecule has 1 rings (SSSR count). The first-order valence-electron chi connectivity index (χ1n) is 4.51. The second-order valence-electron chi connectivity index (χ2n) is 1.80. The number of hydrogen-bond acceptors (Lipinski definition) is 0. The van der Waals surface area contributed by atoms with Gasteiger partial charge in [0.2, 0.25) is 0 Å². The molecular weight excluding hydrogens is 212 g/mol. The van der Waals surface area contributed by atoms with E-state index in [1.54, 1.807) is 0 Å². The highest BCUT2D eigenvalue weighted by Crippen LogP contribution is 2.08. The zero-order valence-corrected chi connectivity index (χ0v) is 10.3. The van der Waals surface area contributed by atoms with E-state index in [0.29, 0.717) is 0 Å². The maximum absolute atomic E-state index is 3.35. The molecule has 0 aliphatic rings. The largest absolute Gasteiger partial charge is 0.0683 e. The highest BCUT2D eigenvalue weighted by Gasteiger charge is 1.81. The predicted octanol–water partition coefficient (Wildman–Crippen LogP) is 4.81. The molecule has 0 heterocycles. The standard InChI is InChI=1S/C7H7Br.2C2H6/c1-6-2-4-7(8)5-3-6;2*1-2/h2-5H,1H3;2*1-2H3. The van der Waals surface area contributed by atoms with Gasteiger partial charge in [0, 0.05) is 4.47 Å². The van der Waals surface area contributed by atoms with E-state index < -0.39 is 0 Å². The Balaban J connectivity index is 0. The predicted molar refractivity (Wildman–Crippen MR) is 61.6 cm³/mol. The molecular formula is C11H19Br. The topological polar surface area (TPSA) is 0 Å². The fourth-order valence-electron chi connectivity index (χ4n) is 0.533. The summed E-state index contributed by atoms with van der Waals surface area (Å²) < 4.78 is 1.14. The van der Waals surface area contributed by atoms with Gasteiger partial charge in [-0.1, -0.05) is 61.3 Å². The summed E-state index contributed by atoms with van der Waals surface area (Å²) >= 11 is 3.35. The molecule has 12 heavy (non-hydrogen) atoms. The van der Waals surface area contributed by atoms with Crippen molar-refractivity contribution in [3.05, 3.63) is 34.3 Å². The SMILES string of the molecule is CC.CC.Cc1ccc(Br)cc1. The Morgan fingerprint density at radius 2 is 1.17 bits per heavy atom. The molecule has 0 atom stereocenters. The maximum atomic E-state index is 3.35. The summed E-state index contributed by atoms with van der Waals surface area (Å²) in [5.74, 6) is 0. The Morgan fingerprint density at radius 3 is 1.42 bits per heavy atom. The summed E-state index contributed by atoms with van der Waals surface area (Å²) in [6, 6.07) is 8.22. The van der Waals surface area contributed by atoms with E-state index in [2.05, 4.69) is 35.0 Å². The third-order valence-electron chi connectivity index (χ3n) is 1.01. The number of halogens is 1. The molecule has 0 aliphatic heterocycles. The van der Waals surface area contributed by atoms with Gasteiger partial charge in [-0.15, -0.1) is 0 Å². The van der Waals surface area contributed by atoms with Gasteiger partial charge < -0.3 is 0 Å².